The zero-order valence-electron chi connectivity index (χ0n) is 18.2. The highest BCUT2D eigenvalue weighted by molar-refractivity contribution is 5.79. The van der Waals surface area contributed by atoms with Crippen molar-refractivity contribution >= 4 is 11.6 Å². The zero-order chi connectivity index (χ0) is 22.8. The number of rotatable bonds is 9. The van der Waals surface area contributed by atoms with Gasteiger partial charge in [0.25, 0.3) is 0 Å². The molecule has 2 aromatic carbocycles. The van der Waals surface area contributed by atoms with Gasteiger partial charge in [-0.2, -0.15) is 13.2 Å². The topological polar surface area (TPSA) is 48.9 Å². The quantitative estimate of drug-likeness (QED) is 0.341. The highest BCUT2D eigenvalue weighted by Crippen LogP contribution is 2.19. The Bertz CT molecular complexity index is 902. The lowest BCUT2D eigenvalue weighted by atomic mass is 10.1. The predicted octanol–water partition coefficient (Wildman–Crippen LogP) is 4.40. The third-order valence-corrected chi connectivity index (χ3v) is 4.88. The van der Waals surface area contributed by atoms with Crippen LogP contribution in [-0.4, -0.2) is 38.4 Å². The van der Waals surface area contributed by atoms with Gasteiger partial charge in [0.05, 0.1) is 13.2 Å². The minimum absolute atomic E-state index is 0.0656. The van der Waals surface area contributed by atoms with Crippen molar-refractivity contribution in [2.75, 3.05) is 31.1 Å². The fraction of sp³-hybridized carbons (Fsp3) is 0.375. The van der Waals surface area contributed by atoms with Crippen LogP contribution in [0.5, 0.6) is 0 Å². The first kappa shape index (κ1) is 23.7. The second-order valence-electron chi connectivity index (χ2n) is 7.52. The first-order valence-corrected chi connectivity index (χ1v) is 10.7. The van der Waals surface area contributed by atoms with E-state index in [1.807, 2.05) is 19.1 Å². The van der Waals surface area contributed by atoms with E-state index < -0.39 is 12.8 Å². The predicted molar refractivity (Wildman–Crippen MR) is 122 cm³/mol. The minimum atomic E-state index is -4.31. The van der Waals surface area contributed by atoms with Gasteiger partial charge in [-0.15, -0.1) is 0 Å². The van der Waals surface area contributed by atoms with Gasteiger partial charge in [0.15, 0.2) is 5.96 Å². The van der Waals surface area contributed by atoms with Crippen molar-refractivity contribution in [2.45, 2.75) is 32.8 Å². The Hall–Kier alpha value is -3.00. The zero-order valence-corrected chi connectivity index (χ0v) is 18.2. The summed E-state index contributed by atoms with van der Waals surface area (Å²) in [6.45, 7) is 4.42. The van der Waals surface area contributed by atoms with Gasteiger partial charge in [-0.05, 0) is 35.7 Å². The van der Waals surface area contributed by atoms with Crippen LogP contribution in [-0.2, 0) is 24.4 Å². The van der Waals surface area contributed by atoms with Crippen molar-refractivity contribution < 1.29 is 17.9 Å². The second kappa shape index (κ2) is 11.6. The number of hydrogen-bond acceptors (Lipinski definition) is 3. The van der Waals surface area contributed by atoms with Gasteiger partial charge in [0.1, 0.15) is 6.61 Å². The van der Waals surface area contributed by atoms with Crippen LogP contribution in [0.25, 0.3) is 0 Å². The maximum Gasteiger partial charge on any atom is 0.411 e. The normalized spacial score (nSPS) is 14.1. The number of ether oxygens (including phenoxy) is 1. The molecule has 2 N–H and O–H groups in total. The van der Waals surface area contributed by atoms with Gasteiger partial charge in [-0.1, -0.05) is 48.6 Å². The van der Waals surface area contributed by atoms with Crippen LogP contribution in [0.15, 0.2) is 65.7 Å². The largest absolute Gasteiger partial charge is 0.411 e. The summed E-state index contributed by atoms with van der Waals surface area (Å²) in [5.74, 6) is 0.707. The summed E-state index contributed by atoms with van der Waals surface area (Å²) in [6, 6.07) is 15.7. The Balaban J connectivity index is 1.51. The van der Waals surface area contributed by atoms with Gasteiger partial charge >= 0.3 is 6.18 Å². The summed E-state index contributed by atoms with van der Waals surface area (Å²) in [4.78, 5) is 6.98. The Morgan fingerprint density at radius 1 is 1.00 bits per heavy atom. The van der Waals surface area contributed by atoms with Crippen molar-refractivity contribution in [3.63, 3.8) is 0 Å². The van der Waals surface area contributed by atoms with E-state index in [4.69, 9.17) is 4.74 Å². The molecular weight excluding hydrogens is 417 g/mol. The molecule has 172 valence electrons. The lowest BCUT2D eigenvalue weighted by molar-refractivity contribution is -0.176. The molecule has 0 aromatic heterocycles. The first-order valence-electron chi connectivity index (χ1n) is 10.7. The number of nitrogens with zero attached hydrogens (tertiary/aromatic N) is 2. The molecule has 0 amide bonds. The van der Waals surface area contributed by atoms with Crippen LogP contribution in [0, 0.1) is 0 Å². The van der Waals surface area contributed by atoms with Crippen LogP contribution in [0.1, 0.15) is 23.6 Å². The number of anilines is 1. The maximum absolute atomic E-state index is 12.2. The van der Waals surface area contributed by atoms with E-state index >= 15 is 0 Å². The van der Waals surface area contributed by atoms with E-state index in [1.54, 1.807) is 12.1 Å². The van der Waals surface area contributed by atoms with Crippen molar-refractivity contribution in [3.8, 4) is 0 Å². The van der Waals surface area contributed by atoms with E-state index in [9.17, 15) is 13.2 Å². The maximum atomic E-state index is 12.2. The number of hydrogen-bond donors (Lipinski definition) is 2. The van der Waals surface area contributed by atoms with E-state index in [-0.39, 0.29) is 6.61 Å². The number of nitrogens with one attached hydrogen (secondary N) is 2. The molecular formula is C24H29F3N4O. The van der Waals surface area contributed by atoms with E-state index in [0.29, 0.717) is 24.6 Å². The molecule has 2 aromatic rings. The molecule has 0 saturated carbocycles. The summed E-state index contributed by atoms with van der Waals surface area (Å²) >= 11 is 0. The molecule has 32 heavy (non-hydrogen) atoms. The molecule has 0 bridgehead atoms. The third-order valence-electron chi connectivity index (χ3n) is 4.88. The van der Waals surface area contributed by atoms with Crippen molar-refractivity contribution in [2.24, 2.45) is 4.99 Å². The third kappa shape index (κ3) is 7.92. The average Bonchev–Trinajstić information content (AvgIpc) is 3.31. The number of benzene rings is 2. The fourth-order valence-corrected chi connectivity index (χ4v) is 3.28. The Morgan fingerprint density at radius 3 is 2.41 bits per heavy atom. The van der Waals surface area contributed by atoms with Crippen molar-refractivity contribution in [3.05, 3.63) is 77.4 Å². The molecule has 0 fully saturated rings. The lowest BCUT2D eigenvalue weighted by Crippen LogP contribution is -2.36. The average molecular weight is 447 g/mol. The summed E-state index contributed by atoms with van der Waals surface area (Å²) in [7, 11) is 0. The van der Waals surface area contributed by atoms with Gasteiger partial charge in [0.2, 0.25) is 0 Å². The molecule has 0 radical (unpaired) electrons. The van der Waals surface area contributed by atoms with Crippen LogP contribution in [0.2, 0.25) is 0 Å². The molecule has 0 aliphatic carbocycles. The molecule has 3 rings (SSSR count). The van der Waals surface area contributed by atoms with Crippen LogP contribution in [0.4, 0.5) is 18.9 Å². The molecule has 0 saturated heterocycles. The summed E-state index contributed by atoms with van der Waals surface area (Å²) in [5.41, 5.74) is 4.03. The highest BCUT2D eigenvalue weighted by Gasteiger charge is 2.27. The smallest absolute Gasteiger partial charge is 0.367 e. The fourth-order valence-electron chi connectivity index (χ4n) is 3.28. The molecule has 0 unspecified atom stereocenters. The monoisotopic (exact) mass is 446 g/mol. The van der Waals surface area contributed by atoms with E-state index in [0.717, 1.165) is 30.8 Å². The van der Waals surface area contributed by atoms with Crippen LogP contribution >= 0.6 is 0 Å². The SMILES string of the molecule is CCNC(=NCc1cccc(N2CC=CC2)c1)NCc1ccc(COCC(F)(F)F)cc1. The number of halogens is 3. The van der Waals surface area contributed by atoms with E-state index in [2.05, 4.69) is 56.9 Å². The first-order chi connectivity index (χ1) is 15.4. The summed E-state index contributed by atoms with van der Waals surface area (Å²) in [5, 5.41) is 6.54. The standard InChI is InChI=1S/C24H29F3N4O/c1-2-28-23(30-16-21-6-5-7-22(14-21)31-12-3-4-13-31)29-15-19-8-10-20(11-9-19)17-32-18-24(25,26)27/h3-11,14H,2,12-13,15-18H2,1H3,(H2,28,29,30). The van der Waals surface area contributed by atoms with E-state index in [1.165, 1.54) is 5.69 Å². The molecule has 0 spiro atoms. The molecule has 5 nitrogen and oxygen atoms in total. The number of alkyl halides is 3. The number of aliphatic imine (C=N–C) groups is 1. The van der Waals surface area contributed by atoms with Gasteiger partial charge in [0, 0.05) is 31.9 Å². The molecule has 1 aliphatic heterocycles. The highest BCUT2D eigenvalue weighted by atomic mass is 19.4. The van der Waals surface area contributed by atoms with Gasteiger partial charge in [-0.25, -0.2) is 4.99 Å². The summed E-state index contributed by atoms with van der Waals surface area (Å²) in [6.07, 6.45) is 0.0266. The molecule has 1 aliphatic rings. The minimum Gasteiger partial charge on any atom is -0.367 e. The Kier molecular flexibility index (Phi) is 8.56. The molecule has 1 heterocycles. The Morgan fingerprint density at radius 2 is 1.72 bits per heavy atom. The second-order valence-corrected chi connectivity index (χ2v) is 7.52. The van der Waals surface area contributed by atoms with Crippen molar-refractivity contribution in [1.29, 1.82) is 0 Å². The van der Waals surface area contributed by atoms with Gasteiger partial charge in [-0.3, -0.25) is 0 Å². The lowest BCUT2D eigenvalue weighted by Gasteiger charge is -2.18. The van der Waals surface area contributed by atoms with Crippen LogP contribution in [0.3, 0.4) is 0 Å². The Labute approximate surface area is 187 Å². The van der Waals surface area contributed by atoms with Gasteiger partial charge < -0.3 is 20.3 Å². The molecule has 0 atom stereocenters. The summed E-state index contributed by atoms with van der Waals surface area (Å²) < 4.78 is 41.2. The van der Waals surface area contributed by atoms with Crippen LogP contribution < -0.4 is 15.5 Å². The number of guanidine groups is 1. The van der Waals surface area contributed by atoms with Crippen molar-refractivity contribution in [1.82, 2.24) is 10.6 Å². The molecule has 8 heteroatoms.